The molecule has 0 saturated carbocycles. The molecule has 1 aromatic rings. The summed E-state index contributed by atoms with van der Waals surface area (Å²) >= 11 is 1.68. The summed E-state index contributed by atoms with van der Waals surface area (Å²) in [7, 11) is 0. The molecule has 1 aliphatic rings. The highest BCUT2D eigenvalue weighted by Gasteiger charge is 2.40. The third kappa shape index (κ3) is 3.70. The van der Waals surface area contributed by atoms with Crippen LogP contribution in [0.5, 0.6) is 0 Å². The molecule has 0 spiro atoms. The van der Waals surface area contributed by atoms with Crippen molar-refractivity contribution in [3.05, 3.63) is 21.4 Å². The number of rotatable bonds is 3. The lowest BCUT2D eigenvalue weighted by Gasteiger charge is -2.32. The van der Waals surface area contributed by atoms with E-state index in [1.165, 1.54) is 10.4 Å². The Labute approximate surface area is 115 Å². The number of hydrogen-bond donors (Lipinski definition) is 1. The van der Waals surface area contributed by atoms with Gasteiger partial charge >= 0.3 is 6.18 Å². The van der Waals surface area contributed by atoms with E-state index >= 15 is 0 Å². The molecule has 0 unspecified atom stereocenters. The molecule has 2 N–H and O–H groups in total. The molecule has 0 bridgehead atoms. The molecule has 0 amide bonds. The van der Waals surface area contributed by atoms with Gasteiger partial charge in [-0.25, -0.2) is 0 Å². The van der Waals surface area contributed by atoms with Gasteiger partial charge < -0.3 is 5.73 Å². The zero-order valence-corrected chi connectivity index (χ0v) is 11.8. The SMILES string of the molecule is Cc1sc(CN)cc1CN1CCC(C(F)(F)F)CC1. The summed E-state index contributed by atoms with van der Waals surface area (Å²) in [4.78, 5) is 4.47. The highest BCUT2D eigenvalue weighted by Crippen LogP contribution is 2.34. The maximum atomic E-state index is 12.6. The van der Waals surface area contributed by atoms with Crippen LogP contribution in [0.4, 0.5) is 13.2 Å². The fourth-order valence-electron chi connectivity index (χ4n) is 2.50. The number of nitrogens with zero attached hydrogens (tertiary/aromatic N) is 1. The van der Waals surface area contributed by atoms with Crippen LogP contribution >= 0.6 is 11.3 Å². The van der Waals surface area contributed by atoms with Crippen molar-refractivity contribution in [2.45, 2.75) is 39.0 Å². The molecule has 0 radical (unpaired) electrons. The van der Waals surface area contributed by atoms with Gasteiger partial charge in [0.05, 0.1) is 5.92 Å². The number of halogens is 3. The van der Waals surface area contributed by atoms with E-state index in [2.05, 4.69) is 11.0 Å². The Morgan fingerprint density at radius 1 is 1.37 bits per heavy atom. The number of aryl methyl sites for hydroxylation is 1. The quantitative estimate of drug-likeness (QED) is 0.926. The van der Waals surface area contributed by atoms with E-state index in [9.17, 15) is 13.2 Å². The topological polar surface area (TPSA) is 29.3 Å². The summed E-state index contributed by atoms with van der Waals surface area (Å²) in [5, 5.41) is 0. The van der Waals surface area contributed by atoms with E-state index in [1.807, 2.05) is 6.92 Å². The summed E-state index contributed by atoms with van der Waals surface area (Å²) < 4.78 is 37.7. The van der Waals surface area contributed by atoms with Crippen molar-refractivity contribution in [3.63, 3.8) is 0 Å². The lowest BCUT2D eigenvalue weighted by atomic mass is 9.96. The van der Waals surface area contributed by atoms with Crippen LogP contribution in [0.2, 0.25) is 0 Å². The van der Waals surface area contributed by atoms with E-state index in [0.717, 1.165) is 11.4 Å². The fourth-order valence-corrected chi connectivity index (χ4v) is 3.44. The first kappa shape index (κ1) is 14.8. The van der Waals surface area contributed by atoms with Gasteiger partial charge in [0.1, 0.15) is 0 Å². The first-order chi connectivity index (χ1) is 8.90. The van der Waals surface area contributed by atoms with Crippen molar-refractivity contribution in [2.75, 3.05) is 13.1 Å². The van der Waals surface area contributed by atoms with Gasteiger partial charge in [-0.05, 0) is 44.5 Å². The van der Waals surface area contributed by atoms with Gasteiger partial charge in [-0.3, -0.25) is 4.90 Å². The average Bonchev–Trinajstić information content (AvgIpc) is 2.70. The molecule has 6 heteroatoms. The van der Waals surface area contributed by atoms with E-state index in [-0.39, 0.29) is 12.8 Å². The zero-order valence-electron chi connectivity index (χ0n) is 11.0. The smallest absolute Gasteiger partial charge is 0.326 e. The summed E-state index contributed by atoms with van der Waals surface area (Å²) in [5.74, 6) is -1.12. The van der Waals surface area contributed by atoms with Crippen LogP contribution < -0.4 is 5.73 Å². The van der Waals surface area contributed by atoms with Crippen molar-refractivity contribution >= 4 is 11.3 Å². The van der Waals surface area contributed by atoms with Crippen molar-refractivity contribution < 1.29 is 13.2 Å². The van der Waals surface area contributed by atoms with Gasteiger partial charge in [0.25, 0.3) is 0 Å². The first-order valence-electron chi connectivity index (χ1n) is 6.47. The van der Waals surface area contributed by atoms with Gasteiger partial charge in [-0.2, -0.15) is 13.2 Å². The maximum absolute atomic E-state index is 12.6. The third-order valence-corrected chi connectivity index (χ3v) is 4.83. The molecule has 2 rings (SSSR count). The predicted octanol–water partition coefficient (Wildman–Crippen LogP) is 3.29. The van der Waals surface area contributed by atoms with Crippen molar-refractivity contribution in [3.8, 4) is 0 Å². The number of alkyl halides is 3. The molecule has 1 aromatic heterocycles. The van der Waals surface area contributed by atoms with E-state index in [0.29, 0.717) is 19.6 Å². The molecular weight excluding hydrogens is 273 g/mol. The molecule has 0 atom stereocenters. The lowest BCUT2D eigenvalue weighted by Crippen LogP contribution is -2.38. The Morgan fingerprint density at radius 2 is 2.00 bits per heavy atom. The second kappa shape index (κ2) is 5.81. The fraction of sp³-hybridized carbons (Fsp3) is 0.692. The number of likely N-dealkylation sites (tertiary alicyclic amines) is 1. The van der Waals surface area contributed by atoms with Gasteiger partial charge in [0, 0.05) is 22.8 Å². The Morgan fingerprint density at radius 3 is 2.47 bits per heavy atom. The summed E-state index contributed by atoms with van der Waals surface area (Å²) in [6.45, 7) is 4.37. The number of hydrogen-bond acceptors (Lipinski definition) is 3. The second-order valence-electron chi connectivity index (χ2n) is 5.09. The van der Waals surface area contributed by atoms with E-state index < -0.39 is 12.1 Å². The highest BCUT2D eigenvalue weighted by molar-refractivity contribution is 7.12. The predicted molar refractivity (Wildman–Crippen MR) is 71.0 cm³/mol. The molecule has 108 valence electrons. The van der Waals surface area contributed by atoms with Crippen LogP contribution in [-0.4, -0.2) is 24.2 Å². The van der Waals surface area contributed by atoms with Crippen molar-refractivity contribution in [1.29, 1.82) is 0 Å². The van der Waals surface area contributed by atoms with Gasteiger partial charge in [0.2, 0.25) is 0 Å². The molecule has 0 aromatic carbocycles. The Bertz CT molecular complexity index is 420. The Balaban J connectivity index is 1.90. The summed E-state index contributed by atoms with van der Waals surface area (Å²) in [6.07, 6.45) is -3.59. The molecule has 1 fully saturated rings. The van der Waals surface area contributed by atoms with Crippen LogP contribution in [0.3, 0.4) is 0 Å². The number of piperidine rings is 1. The van der Waals surface area contributed by atoms with Gasteiger partial charge in [-0.15, -0.1) is 11.3 Å². The van der Waals surface area contributed by atoms with Gasteiger partial charge in [0.15, 0.2) is 0 Å². The molecule has 0 aliphatic carbocycles. The molecule has 1 saturated heterocycles. The lowest BCUT2D eigenvalue weighted by molar-refractivity contribution is -0.185. The van der Waals surface area contributed by atoms with Crippen LogP contribution in [0, 0.1) is 12.8 Å². The molecular formula is C13H19F3N2S. The number of nitrogens with two attached hydrogens (primary N) is 1. The molecule has 2 nitrogen and oxygen atoms in total. The average molecular weight is 292 g/mol. The van der Waals surface area contributed by atoms with Crippen LogP contribution in [0.1, 0.15) is 28.2 Å². The largest absolute Gasteiger partial charge is 0.391 e. The van der Waals surface area contributed by atoms with E-state index in [4.69, 9.17) is 5.73 Å². The third-order valence-electron chi connectivity index (χ3n) is 3.72. The second-order valence-corrected chi connectivity index (χ2v) is 6.43. The number of thiophene rings is 1. The van der Waals surface area contributed by atoms with E-state index in [1.54, 1.807) is 11.3 Å². The van der Waals surface area contributed by atoms with Crippen molar-refractivity contribution in [1.82, 2.24) is 4.90 Å². The first-order valence-corrected chi connectivity index (χ1v) is 7.29. The maximum Gasteiger partial charge on any atom is 0.391 e. The van der Waals surface area contributed by atoms with Crippen molar-refractivity contribution in [2.24, 2.45) is 11.7 Å². The van der Waals surface area contributed by atoms with Crippen LogP contribution in [0.15, 0.2) is 6.07 Å². The standard InChI is InChI=1S/C13H19F3N2S/c1-9-10(6-12(7-17)19-9)8-18-4-2-11(3-5-18)13(14,15)16/h6,11H,2-5,7-8,17H2,1H3. The highest BCUT2D eigenvalue weighted by atomic mass is 32.1. The minimum atomic E-state index is -4.03. The normalized spacial score (nSPS) is 19.0. The monoisotopic (exact) mass is 292 g/mol. The minimum absolute atomic E-state index is 0.219. The molecule has 19 heavy (non-hydrogen) atoms. The molecule has 1 aliphatic heterocycles. The Kier molecular flexibility index (Phi) is 4.53. The van der Waals surface area contributed by atoms with Crippen LogP contribution in [-0.2, 0) is 13.1 Å². The van der Waals surface area contributed by atoms with Crippen LogP contribution in [0.25, 0.3) is 0 Å². The minimum Gasteiger partial charge on any atom is -0.326 e. The van der Waals surface area contributed by atoms with Gasteiger partial charge in [-0.1, -0.05) is 0 Å². The Hall–Kier alpha value is -0.590. The summed E-state index contributed by atoms with van der Waals surface area (Å²) in [6, 6.07) is 2.08. The zero-order chi connectivity index (χ0) is 14.0. The molecule has 2 heterocycles. The summed E-state index contributed by atoms with van der Waals surface area (Å²) in [5.41, 5.74) is 6.81.